The number of nitro groups is 2. The first-order chi connectivity index (χ1) is 40.9. The van der Waals surface area contributed by atoms with E-state index in [1.165, 1.54) is 57.6 Å². The van der Waals surface area contributed by atoms with Crippen molar-refractivity contribution in [1.29, 1.82) is 0 Å². The Kier molecular flexibility index (Phi) is 50.2. The van der Waals surface area contributed by atoms with Gasteiger partial charge in [0, 0.05) is 88.2 Å². The number of anilines is 1. The number of nitrogens with one attached hydrogen (secondary N) is 1. The minimum absolute atomic E-state index is 0. The third-order valence-corrected chi connectivity index (χ3v) is 11.1. The summed E-state index contributed by atoms with van der Waals surface area (Å²) in [6.45, 7) is 15.6. The molecule has 0 saturated carbocycles. The Balaban J connectivity index is -0.00000108. The highest BCUT2D eigenvalue weighted by Gasteiger charge is 2.30. The molecule has 486 valence electrons. The molecule has 0 bridgehead atoms. The van der Waals surface area contributed by atoms with Gasteiger partial charge >= 0.3 is 36.1 Å². The van der Waals surface area contributed by atoms with E-state index in [0.717, 1.165) is 19.6 Å². The fraction of sp³-hybridized carbons (Fsp3) is 0.500. The van der Waals surface area contributed by atoms with Crippen LogP contribution in [0, 0.1) is 32.1 Å². The molecule has 31 heteroatoms. The number of hydrogen-bond donors (Lipinski definition) is 2. The lowest BCUT2D eigenvalue weighted by Gasteiger charge is -2.30. The van der Waals surface area contributed by atoms with Gasteiger partial charge in [-0.2, -0.15) is 0 Å². The number of nitrogens with zero attached hydrogens (tertiary/aromatic N) is 8. The van der Waals surface area contributed by atoms with Crippen molar-refractivity contribution in [2.75, 3.05) is 116 Å². The standard InChI is InChI=1S/C20H24N2O8.C14H16N2O6.C7H15N3.C7H10N2.C6H10O3.2CH2Cl2.ClH/c1-14(2)18(23)28-11-12-29-19(24)15-7-9-21(10-8-15)20(25)30-13-16-5-3-4-6-17(16)22(26)27;17-13(18)10-5-7-15(8-6-10)14(19)22-9-11-3-1-2-4-12(11)16(20)21;1-4-8-7-9-5-6-10(2)3;1-9(2)7-3-5-8-6-4-7;1-5(2)6(8)9-4-3-7;2*2-1-3;/h3-6,15H,1,7-13H2,2H3;1-4,10H,5-9H2,(H,17,18);4-6H2,1-3H3;3-6H,1-2H3;7H,1,3-4H2,2H3;2*1H2;1H/p+1. The molecule has 0 atom stereocenters. The molecule has 2 aromatic carbocycles. The molecule has 4 N–H and O–H groups in total. The fourth-order valence-electron chi connectivity index (χ4n) is 6.57. The first kappa shape index (κ1) is 84.1. The predicted octanol–water partition coefficient (Wildman–Crippen LogP) is 4.78. The van der Waals surface area contributed by atoms with Gasteiger partial charge in [0.2, 0.25) is 0 Å². The number of para-hydroxylation sites is 2. The number of nitro benzene ring substituents is 2. The number of carbonyl (C=O) groups is 6. The van der Waals surface area contributed by atoms with Crippen molar-refractivity contribution in [3.8, 4) is 0 Å². The van der Waals surface area contributed by atoms with Crippen molar-refractivity contribution in [1.82, 2.24) is 14.8 Å². The van der Waals surface area contributed by atoms with Crippen molar-refractivity contribution >= 4 is 106 Å². The van der Waals surface area contributed by atoms with Crippen LogP contribution in [0.2, 0.25) is 0 Å². The van der Waals surface area contributed by atoms with Crippen molar-refractivity contribution in [2.45, 2.75) is 59.7 Å². The lowest BCUT2D eigenvalue weighted by atomic mass is 9.97. The number of amides is 2. The number of alkyl halides is 4. The largest absolute Gasteiger partial charge is 1.00 e. The van der Waals surface area contributed by atoms with Gasteiger partial charge in [-0.25, -0.2) is 29.2 Å². The number of aliphatic imine (C=N–C) groups is 2. The summed E-state index contributed by atoms with van der Waals surface area (Å²) in [6.07, 6.45) is 3.99. The quantitative estimate of drug-likeness (QED) is 0.0177. The number of hydrogen-bond acceptors (Lipinski definition) is 19. The van der Waals surface area contributed by atoms with Gasteiger partial charge in [-0.1, -0.05) is 37.4 Å². The number of benzene rings is 2. The van der Waals surface area contributed by atoms with Gasteiger partial charge in [-0.15, -0.1) is 46.4 Å². The Bertz CT molecular complexity index is 2590. The molecule has 0 spiro atoms. The molecule has 26 nitrogen and oxygen atoms in total. The maximum atomic E-state index is 12.2. The number of carboxylic acids is 1. The molecule has 0 aliphatic carbocycles. The molecule has 3 heterocycles. The number of piperidine rings is 2. The Morgan fingerprint density at radius 3 is 1.47 bits per heavy atom. The van der Waals surface area contributed by atoms with E-state index >= 15 is 0 Å². The third-order valence-electron chi connectivity index (χ3n) is 11.1. The summed E-state index contributed by atoms with van der Waals surface area (Å²) < 4.78 is 24.8. The van der Waals surface area contributed by atoms with E-state index in [1.54, 1.807) is 37.5 Å². The van der Waals surface area contributed by atoms with Crippen LogP contribution in [-0.2, 0) is 56.1 Å². The van der Waals surface area contributed by atoms with Crippen LogP contribution < -0.4 is 22.2 Å². The van der Waals surface area contributed by atoms with Crippen molar-refractivity contribution < 1.29 is 89.8 Å². The van der Waals surface area contributed by atoms with Gasteiger partial charge in [0.25, 0.3) is 11.4 Å². The van der Waals surface area contributed by atoms with E-state index in [1.807, 2.05) is 38.1 Å². The van der Waals surface area contributed by atoms with E-state index in [-0.39, 0.29) is 85.6 Å². The number of aromatic nitrogens is 1. The van der Waals surface area contributed by atoms with Crippen LogP contribution in [-0.4, -0.2) is 188 Å². The normalized spacial score (nSPS) is 12.0. The van der Waals surface area contributed by atoms with Crippen LogP contribution >= 0.6 is 46.4 Å². The van der Waals surface area contributed by atoms with E-state index < -0.39 is 51.8 Å². The predicted molar refractivity (Wildman–Crippen MR) is 328 cm³/mol. The van der Waals surface area contributed by atoms with Gasteiger partial charge in [-0.3, -0.25) is 34.8 Å². The molecule has 2 saturated heterocycles. The molecule has 2 aliphatic heterocycles. The second-order valence-electron chi connectivity index (χ2n) is 18.2. The molecule has 87 heavy (non-hydrogen) atoms. The number of pyridine rings is 1. The second kappa shape index (κ2) is 52.0. The van der Waals surface area contributed by atoms with E-state index in [4.69, 9.17) is 75.6 Å². The summed E-state index contributed by atoms with van der Waals surface area (Å²) in [4.78, 5) is 108. The second-order valence-corrected chi connectivity index (χ2v) is 19.8. The molecule has 2 amide bonds. The average Bonchev–Trinajstić information content (AvgIpc) is 3.67. The summed E-state index contributed by atoms with van der Waals surface area (Å²) >= 11 is 19.1. The highest BCUT2D eigenvalue weighted by atomic mass is 35.5. The minimum Gasteiger partial charge on any atom is -1.00 e. The van der Waals surface area contributed by atoms with Gasteiger partial charge in [0.15, 0.2) is 13.2 Å². The highest BCUT2D eigenvalue weighted by Crippen LogP contribution is 2.23. The topological polar surface area (TPSA) is 330 Å². The van der Waals surface area contributed by atoms with Crippen LogP contribution in [0.1, 0.15) is 57.6 Å². The lowest BCUT2D eigenvalue weighted by Crippen LogP contribution is -3.06. The molecular formula is C56H81Cl5N9O17+. The molecule has 0 unspecified atom stereocenters. The number of quaternary nitrogens is 1. The number of likely N-dealkylation sites (tertiary alicyclic amines) is 2. The SMILES string of the molecule is C=C(C)C(=O)OCCOC(=O)C1CCN(C(=O)OCc2ccccc2[N+](=O)[O-])CC1.C=C(C)C(=O)OCC[OH2+].CCN=C=NCC[NH+](C)C.CN(C)c1ccncc1.ClCCl.ClCCl.O=C(O)C1CCN(C(=O)OCc2ccccc2[N+](=O)[O-])CC1.[Cl-]. The van der Waals surface area contributed by atoms with Crippen LogP contribution in [0.3, 0.4) is 0 Å². The first-order valence-electron chi connectivity index (χ1n) is 26.5. The smallest absolute Gasteiger partial charge is 0.410 e. The van der Waals surface area contributed by atoms with Gasteiger partial charge in [-0.05, 0) is 70.7 Å². The summed E-state index contributed by atoms with van der Waals surface area (Å²) in [5.74, 6) is -3.01. The molecule has 0 radical (unpaired) electrons. The Hall–Kier alpha value is -7.16. The van der Waals surface area contributed by atoms with Crippen LogP contribution in [0.5, 0.6) is 0 Å². The van der Waals surface area contributed by atoms with Gasteiger partial charge in [0.1, 0.15) is 26.4 Å². The van der Waals surface area contributed by atoms with Gasteiger partial charge < -0.3 is 65.9 Å². The fourth-order valence-corrected chi connectivity index (χ4v) is 6.57. The van der Waals surface area contributed by atoms with Crippen LogP contribution in [0.25, 0.3) is 0 Å². The first-order valence-corrected chi connectivity index (χ1v) is 28.7. The van der Waals surface area contributed by atoms with E-state index in [9.17, 15) is 49.0 Å². The Labute approximate surface area is 533 Å². The summed E-state index contributed by atoms with van der Waals surface area (Å²) in [6, 6.07) is 18.7. The molecular weight excluding hydrogens is 1250 g/mol. The number of esters is 3. The number of ether oxygens (including phenoxy) is 5. The zero-order valence-corrected chi connectivity index (χ0v) is 53.8. The van der Waals surface area contributed by atoms with E-state index in [0.29, 0.717) is 68.6 Å². The number of likely N-dealkylation sites (N-methyl/N-ethyl adjacent to an activating group) is 1. The lowest BCUT2D eigenvalue weighted by molar-refractivity contribution is -0.856. The number of carboxylic acid groups (broad SMARTS) is 1. The number of rotatable bonds is 20. The highest BCUT2D eigenvalue weighted by molar-refractivity contribution is 6.41. The number of aliphatic carboxylic acids is 1. The Morgan fingerprint density at radius 2 is 1.11 bits per heavy atom. The van der Waals surface area contributed by atoms with Crippen LogP contribution in [0.4, 0.5) is 26.7 Å². The zero-order chi connectivity index (χ0) is 65.4. The molecule has 3 aromatic rings. The summed E-state index contributed by atoms with van der Waals surface area (Å²) in [5.41, 5.74) is 2.25. The molecule has 2 aliphatic rings. The van der Waals surface area contributed by atoms with Crippen molar-refractivity contribution in [2.24, 2.45) is 21.8 Å². The molecule has 2 fully saturated rings. The summed E-state index contributed by atoms with van der Waals surface area (Å²) in [7, 11) is 8.23. The van der Waals surface area contributed by atoms with Crippen molar-refractivity contribution in [3.05, 3.63) is 129 Å². The van der Waals surface area contributed by atoms with E-state index in [2.05, 4.69) is 53.0 Å². The minimum atomic E-state index is -0.854. The van der Waals surface area contributed by atoms with Gasteiger partial charge in [0.05, 0.1) is 76.7 Å². The number of halogens is 5. The Morgan fingerprint density at radius 1 is 0.713 bits per heavy atom. The zero-order valence-electron chi connectivity index (χ0n) is 50.0. The number of carbonyl (C=O) groups excluding carboxylic acids is 5. The average molecular weight is 1330 g/mol. The molecule has 1 aromatic heterocycles. The van der Waals surface area contributed by atoms with Crippen LogP contribution in [0.15, 0.2) is 107 Å². The third kappa shape index (κ3) is 40.8. The van der Waals surface area contributed by atoms with Crippen molar-refractivity contribution in [3.63, 3.8) is 0 Å². The maximum Gasteiger partial charge on any atom is 0.410 e. The monoisotopic (exact) mass is 1330 g/mol. The maximum absolute atomic E-state index is 12.2. The summed E-state index contributed by atoms with van der Waals surface area (Å²) in [5, 5.41) is 37.8. The molecule has 5 rings (SSSR count).